The maximum absolute atomic E-state index is 11.3. The highest BCUT2D eigenvalue weighted by atomic mass is 16.5. The molecule has 1 rings (SSSR count). The lowest BCUT2D eigenvalue weighted by Crippen LogP contribution is -2.46. The van der Waals surface area contributed by atoms with Crippen molar-refractivity contribution in [2.24, 2.45) is 5.84 Å². The first-order valence-corrected chi connectivity index (χ1v) is 5.02. The highest BCUT2D eigenvalue weighted by molar-refractivity contribution is 6.34. The van der Waals surface area contributed by atoms with Crippen LogP contribution in [-0.4, -0.2) is 43.0 Å². The van der Waals surface area contributed by atoms with Crippen molar-refractivity contribution in [3.63, 3.8) is 0 Å². The van der Waals surface area contributed by atoms with E-state index in [-0.39, 0.29) is 6.10 Å². The van der Waals surface area contributed by atoms with Crippen LogP contribution in [0, 0.1) is 0 Å². The van der Waals surface area contributed by atoms with Crippen molar-refractivity contribution in [2.75, 3.05) is 20.2 Å². The number of rotatable bonds is 2. The van der Waals surface area contributed by atoms with Crippen molar-refractivity contribution in [3.05, 3.63) is 0 Å². The quantitative estimate of drug-likeness (QED) is 0.268. The molecule has 0 saturated carbocycles. The van der Waals surface area contributed by atoms with Crippen molar-refractivity contribution < 1.29 is 14.3 Å². The molecule has 0 spiro atoms. The lowest BCUT2D eigenvalue weighted by Gasteiger charge is -2.26. The zero-order valence-corrected chi connectivity index (χ0v) is 8.86. The number of carbonyl (C=O) groups excluding carboxylic acids is 2. The maximum atomic E-state index is 11.3. The van der Waals surface area contributed by atoms with Gasteiger partial charge in [-0.15, -0.1) is 0 Å². The Balaban J connectivity index is 2.36. The van der Waals surface area contributed by atoms with E-state index < -0.39 is 11.8 Å². The average Bonchev–Trinajstić information content (AvgIpc) is 2.28. The molecule has 0 aromatic heterocycles. The zero-order valence-electron chi connectivity index (χ0n) is 8.86. The molecule has 1 unspecified atom stereocenters. The van der Waals surface area contributed by atoms with Gasteiger partial charge in [-0.25, -0.2) is 5.84 Å². The number of hydrogen-bond acceptors (Lipinski definition) is 4. The topological polar surface area (TPSA) is 84.7 Å². The molecule has 1 aliphatic heterocycles. The first-order valence-electron chi connectivity index (χ1n) is 5.02. The zero-order chi connectivity index (χ0) is 11.3. The Morgan fingerprint density at radius 3 is 2.80 bits per heavy atom. The van der Waals surface area contributed by atoms with E-state index in [4.69, 9.17) is 10.6 Å². The van der Waals surface area contributed by atoms with Crippen LogP contribution in [0.5, 0.6) is 0 Å². The Bertz CT molecular complexity index is 239. The minimum absolute atomic E-state index is 0.0401. The Morgan fingerprint density at radius 2 is 2.27 bits per heavy atom. The highest BCUT2D eigenvalue weighted by Crippen LogP contribution is 2.13. The molecule has 0 aliphatic carbocycles. The summed E-state index contributed by atoms with van der Waals surface area (Å²) in [7, 11) is 1.57. The third kappa shape index (κ3) is 3.49. The van der Waals surface area contributed by atoms with Gasteiger partial charge in [0.15, 0.2) is 0 Å². The smallest absolute Gasteiger partial charge is 0.323 e. The van der Waals surface area contributed by atoms with Crippen molar-refractivity contribution in [1.29, 1.82) is 0 Å². The molecule has 1 heterocycles. The maximum Gasteiger partial charge on any atom is 0.323 e. The average molecular weight is 215 g/mol. The molecule has 6 nitrogen and oxygen atoms in total. The van der Waals surface area contributed by atoms with E-state index in [1.54, 1.807) is 7.05 Å². The van der Waals surface area contributed by atoms with E-state index in [2.05, 4.69) is 0 Å². The number of likely N-dealkylation sites (N-methyl/N-ethyl adjacent to an activating group) is 1. The van der Waals surface area contributed by atoms with Gasteiger partial charge in [0.25, 0.3) is 0 Å². The van der Waals surface area contributed by atoms with E-state index in [9.17, 15) is 9.59 Å². The van der Waals surface area contributed by atoms with Gasteiger partial charge in [0.05, 0.1) is 6.10 Å². The SMILES string of the molecule is CN(CC1CCCCO1)C(=O)C(=O)NN. The van der Waals surface area contributed by atoms with E-state index in [0.29, 0.717) is 6.54 Å². The van der Waals surface area contributed by atoms with Gasteiger partial charge in [-0.1, -0.05) is 0 Å². The van der Waals surface area contributed by atoms with E-state index in [1.807, 2.05) is 5.43 Å². The first kappa shape index (κ1) is 11.9. The van der Waals surface area contributed by atoms with Crippen molar-refractivity contribution in [1.82, 2.24) is 10.3 Å². The van der Waals surface area contributed by atoms with Gasteiger partial charge in [0.2, 0.25) is 0 Å². The molecule has 1 atom stereocenters. The molecule has 1 fully saturated rings. The number of amides is 2. The molecule has 0 aromatic carbocycles. The normalized spacial score (nSPS) is 20.8. The first-order chi connectivity index (χ1) is 7.15. The van der Waals surface area contributed by atoms with Crippen LogP contribution in [0.4, 0.5) is 0 Å². The van der Waals surface area contributed by atoms with Crippen LogP contribution < -0.4 is 11.3 Å². The van der Waals surface area contributed by atoms with E-state index in [1.165, 1.54) is 4.90 Å². The molecule has 2 amide bonds. The van der Waals surface area contributed by atoms with Gasteiger partial charge in [-0.3, -0.25) is 15.0 Å². The van der Waals surface area contributed by atoms with Gasteiger partial charge >= 0.3 is 11.8 Å². The summed E-state index contributed by atoms with van der Waals surface area (Å²) in [5.74, 6) is 3.44. The number of nitrogens with two attached hydrogens (primary N) is 1. The lowest BCUT2D eigenvalue weighted by molar-refractivity contribution is -0.146. The van der Waals surface area contributed by atoms with Gasteiger partial charge in [-0.05, 0) is 19.3 Å². The molecule has 1 saturated heterocycles. The largest absolute Gasteiger partial charge is 0.376 e. The number of carbonyl (C=O) groups is 2. The second kappa shape index (κ2) is 5.67. The van der Waals surface area contributed by atoms with Crippen molar-refractivity contribution in [2.45, 2.75) is 25.4 Å². The van der Waals surface area contributed by atoms with Crippen LogP contribution >= 0.6 is 0 Å². The molecular weight excluding hydrogens is 198 g/mol. The van der Waals surface area contributed by atoms with Crippen molar-refractivity contribution in [3.8, 4) is 0 Å². The predicted molar refractivity (Wildman–Crippen MR) is 53.6 cm³/mol. The molecule has 6 heteroatoms. The number of ether oxygens (including phenoxy) is 1. The van der Waals surface area contributed by atoms with Crippen LogP contribution in [-0.2, 0) is 14.3 Å². The highest BCUT2D eigenvalue weighted by Gasteiger charge is 2.22. The molecule has 86 valence electrons. The molecule has 0 radical (unpaired) electrons. The summed E-state index contributed by atoms with van der Waals surface area (Å²) >= 11 is 0. The summed E-state index contributed by atoms with van der Waals surface area (Å²) in [6.07, 6.45) is 3.15. The second-order valence-electron chi connectivity index (χ2n) is 3.65. The van der Waals surface area contributed by atoms with Crippen LogP contribution in [0.3, 0.4) is 0 Å². The third-order valence-electron chi connectivity index (χ3n) is 2.42. The minimum atomic E-state index is -0.798. The minimum Gasteiger partial charge on any atom is -0.376 e. The molecule has 1 aliphatic rings. The number of nitrogens with one attached hydrogen (secondary N) is 1. The predicted octanol–water partition coefficient (Wildman–Crippen LogP) is -0.996. The lowest BCUT2D eigenvalue weighted by atomic mass is 10.1. The Kier molecular flexibility index (Phi) is 4.51. The summed E-state index contributed by atoms with van der Waals surface area (Å²) in [6.45, 7) is 1.17. The third-order valence-corrected chi connectivity index (χ3v) is 2.42. The number of hydrogen-bond donors (Lipinski definition) is 2. The monoisotopic (exact) mass is 215 g/mol. The molecular formula is C9H17N3O3. The van der Waals surface area contributed by atoms with Gasteiger partial charge < -0.3 is 9.64 Å². The fraction of sp³-hybridized carbons (Fsp3) is 0.778. The molecule has 0 aromatic rings. The molecule has 15 heavy (non-hydrogen) atoms. The summed E-state index contributed by atoms with van der Waals surface area (Å²) < 4.78 is 5.46. The van der Waals surface area contributed by atoms with Gasteiger partial charge in [-0.2, -0.15) is 0 Å². The van der Waals surface area contributed by atoms with E-state index >= 15 is 0 Å². The number of hydrazine groups is 1. The Hall–Kier alpha value is -1.14. The Labute approximate surface area is 88.7 Å². The van der Waals surface area contributed by atoms with Crippen molar-refractivity contribution >= 4 is 11.8 Å². The van der Waals surface area contributed by atoms with Crippen LogP contribution in [0.15, 0.2) is 0 Å². The summed E-state index contributed by atoms with van der Waals surface area (Å²) in [4.78, 5) is 23.6. The standard InChI is InChI=1S/C9H17N3O3/c1-12(9(14)8(13)11-10)6-7-4-2-3-5-15-7/h7H,2-6,10H2,1H3,(H,11,13). The van der Waals surface area contributed by atoms with Gasteiger partial charge in [0, 0.05) is 20.2 Å². The second-order valence-corrected chi connectivity index (χ2v) is 3.65. The van der Waals surface area contributed by atoms with Gasteiger partial charge in [0.1, 0.15) is 0 Å². The van der Waals surface area contributed by atoms with Crippen LogP contribution in [0.25, 0.3) is 0 Å². The Morgan fingerprint density at radius 1 is 1.53 bits per heavy atom. The molecule has 3 N–H and O–H groups in total. The summed E-state index contributed by atoms with van der Waals surface area (Å²) in [6, 6.07) is 0. The summed E-state index contributed by atoms with van der Waals surface area (Å²) in [5, 5.41) is 0. The fourth-order valence-electron chi connectivity index (χ4n) is 1.57. The molecule has 0 bridgehead atoms. The number of nitrogens with zero attached hydrogens (tertiary/aromatic N) is 1. The van der Waals surface area contributed by atoms with E-state index in [0.717, 1.165) is 25.9 Å². The van der Waals surface area contributed by atoms with Crippen LogP contribution in [0.2, 0.25) is 0 Å². The fourth-order valence-corrected chi connectivity index (χ4v) is 1.57. The van der Waals surface area contributed by atoms with Crippen LogP contribution in [0.1, 0.15) is 19.3 Å². The summed E-state index contributed by atoms with van der Waals surface area (Å²) in [5.41, 5.74) is 1.81.